The SMILES string of the molecule is N#CCCN(C(=O)CSc1ccc(F)cc1)c1ccccc1. The van der Waals surface area contributed by atoms with Crippen molar-refractivity contribution in [1.82, 2.24) is 0 Å². The van der Waals surface area contributed by atoms with E-state index >= 15 is 0 Å². The number of anilines is 1. The molecule has 0 fully saturated rings. The third-order valence-corrected chi connectivity index (χ3v) is 3.99. The first-order chi connectivity index (χ1) is 10.7. The molecule has 112 valence electrons. The molecule has 0 bridgehead atoms. The van der Waals surface area contributed by atoms with Gasteiger partial charge in [0, 0.05) is 17.1 Å². The molecular formula is C17H15FN2OS. The predicted octanol–water partition coefficient (Wildman–Crippen LogP) is 3.86. The van der Waals surface area contributed by atoms with Crippen LogP contribution in [0.3, 0.4) is 0 Å². The molecule has 0 saturated carbocycles. The normalized spacial score (nSPS) is 10.0. The fourth-order valence-electron chi connectivity index (χ4n) is 1.92. The highest BCUT2D eigenvalue weighted by Gasteiger charge is 2.15. The van der Waals surface area contributed by atoms with Gasteiger partial charge in [-0.05, 0) is 36.4 Å². The van der Waals surface area contributed by atoms with Gasteiger partial charge < -0.3 is 4.90 Å². The smallest absolute Gasteiger partial charge is 0.237 e. The zero-order chi connectivity index (χ0) is 15.8. The third kappa shape index (κ3) is 4.61. The van der Waals surface area contributed by atoms with Crippen LogP contribution in [-0.4, -0.2) is 18.2 Å². The van der Waals surface area contributed by atoms with E-state index in [1.165, 1.54) is 23.9 Å². The second-order valence-corrected chi connectivity index (χ2v) is 5.58. The Morgan fingerprint density at radius 2 is 1.82 bits per heavy atom. The number of carbonyl (C=O) groups excluding carboxylic acids is 1. The summed E-state index contributed by atoms with van der Waals surface area (Å²) in [5.41, 5.74) is 0.780. The molecular weight excluding hydrogens is 299 g/mol. The van der Waals surface area contributed by atoms with Gasteiger partial charge in [0.05, 0.1) is 18.2 Å². The van der Waals surface area contributed by atoms with E-state index in [2.05, 4.69) is 6.07 Å². The Kier molecular flexibility index (Phi) is 5.99. The number of hydrogen-bond acceptors (Lipinski definition) is 3. The second kappa shape index (κ2) is 8.20. The molecule has 2 aromatic rings. The van der Waals surface area contributed by atoms with E-state index < -0.39 is 0 Å². The van der Waals surface area contributed by atoms with Crippen LogP contribution in [0.4, 0.5) is 10.1 Å². The van der Waals surface area contributed by atoms with Crippen molar-refractivity contribution in [2.45, 2.75) is 11.3 Å². The zero-order valence-electron chi connectivity index (χ0n) is 11.9. The molecule has 0 aliphatic rings. The Morgan fingerprint density at radius 1 is 1.14 bits per heavy atom. The number of hydrogen-bond donors (Lipinski definition) is 0. The standard InChI is InChI=1S/C17H15FN2OS/c18-14-7-9-16(10-8-14)22-13-17(21)20(12-4-11-19)15-5-2-1-3-6-15/h1-3,5-10H,4,12-13H2. The molecule has 2 aromatic carbocycles. The van der Waals surface area contributed by atoms with Crippen LogP contribution in [0.2, 0.25) is 0 Å². The number of rotatable bonds is 6. The van der Waals surface area contributed by atoms with Crippen molar-refractivity contribution in [3.63, 3.8) is 0 Å². The molecule has 3 nitrogen and oxygen atoms in total. The lowest BCUT2D eigenvalue weighted by atomic mass is 10.2. The summed E-state index contributed by atoms with van der Waals surface area (Å²) in [5.74, 6) is -0.127. The molecule has 0 aromatic heterocycles. The van der Waals surface area contributed by atoms with Gasteiger partial charge in [0.1, 0.15) is 5.82 Å². The topological polar surface area (TPSA) is 44.1 Å². The average molecular weight is 314 g/mol. The molecule has 2 rings (SSSR count). The lowest BCUT2D eigenvalue weighted by Crippen LogP contribution is -2.33. The summed E-state index contributed by atoms with van der Waals surface area (Å²) in [6.07, 6.45) is 0.280. The number of thioether (sulfide) groups is 1. The molecule has 22 heavy (non-hydrogen) atoms. The van der Waals surface area contributed by atoms with E-state index in [-0.39, 0.29) is 23.9 Å². The van der Waals surface area contributed by atoms with E-state index in [1.54, 1.807) is 17.0 Å². The van der Waals surface area contributed by atoms with Crippen molar-refractivity contribution in [1.29, 1.82) is 5.26 Å². The maximum atomic E-state index is 12.9. The van der Waals surface area contributed by atoms with Crippen molar-refractivity contribution in [3.8, 4) is 6.07 Å². The van der Waals surface area contributed by atoms with Gasteiger partial charge >= 0.3 is 0 Å². The summed E-state index contributed by atoms with van der Waals surface area (Å²) >= 11 is 1.35. The van der Waals surface area contributed by atoms with Crippen LogP contribution in [0, 0.1) is 17.1 Å². The first-order valence-electron chi connectivity index (χ1n) is 6.81. The van der Waals surface area contributed by atoms with Gasteiger partial charge in [-0.25, -0.2) is 4.39 Å². The molecule has 0 saturated heterocycles. The highest BCUT2D eigenvalue weighted by atomic mass is 32.2. The molecule has 0 radical (unpaired) electrons. The zero-order valence-corrected chi connectivity index (χ0v) is 12.7. The van der Waals surface area contributed by atoms with Gasteiger partial charge in [-0.15, -0.1) is 11.8 Å². The van der Waals surface area contributed by atoms with Gasteiger partial charge in [0.15, 0.2) is 0 Å². The van der Waals surface area contributed by atoms with Crippen LogP contribution in [0.15, 0.2) is 59.5 Å². The Balaban J connectivity index is 2.02. The number of nitriles is 1. The summed E-state index contributed by atoms with van der Waals surface area (Å²) in [6, 6.07) is 17.4. The molecule has 0 unspecified atom stereocenters. The first kappa shape index (κ1) is 16.1. The van der Waals surface area contributed by atoms with Crippen molar-refractivity contribution < 1.29 is 9.18 Å². The number of halogens is 1. The van der Waals surface area contributed by atoms with Crippen LogP contribution in [0.5, 0.6) is 0 Å². The van der Waals surface area contributed by atoms with Gasteiger partial charge in [-0.3, -0.25) is 4.79 Å². The summed E-state index contributed by atoms with van der Waals surface area (Å²) in [7, 11) is 0. The quantitative estimate of drug-likeness (QED) is 0.760. The van der Waals surface area contributed by atoms with E-state index in [1.807, 2.05) is 30.3 Å². The number of carbonyl (C=O) groups is 1. The van der Waals surface area contributed by atoms with Crippen LogP contribution < -0.4 is 4.90 Å². The Morgan fingerprint density at radius 3 is 2.45 bits per heavy atom. The fourth-order valence-corrected chi connectivity index (χ4v) is 2.70. The lowest BCUT2D eigenvalue weighted by Gasteiger charge is -2.21. The Bertz CT molecular complexity index is 653. The van der Waals surface area contributed by atoms with Crippen molar-refractivity contribution in [2.24, 2.45) is 0 Å². The highest BCUT2D eigenvalue weighted by Crippen LogP contribution is 2.21. The molecule has 0 N–H and O–H groups in total. The van der Waals surface area contributed by atoms with E-state index in [9.17, 15) is 9.18 Å². The molecule has 0 aliphatic heterocycles. The Hall–Kier alpha value is -2.32. The number of para-hydroxylation sites is 1. The predicted molar refractivity (Wildman–Crippen MR) is 86.1 cm³/mol. The first-order valence-corrected chi connectivity index (χ1v) is 7.80. The minimum Gasteiger partial charge on any atom is -0.311 e. The van der Waals surface area contributed by atoms with Crippen molar-refractivity contribution in [3.05, 3.63) is 60.4 Å². The Labute approximate surface area is 133 Å². The van der Waals surface area contributed by atoms with Gasteiger partial charge in [0.2, 0.25) is 5.91 Å². The molecule has 5 heteroatoms. The van der Waals surface area contributed by atoms with Crippen LogP contribution in [-0.2, 0) is 4.79 Å². The van der Waals surface area contributed by atoms with Crippen LogP contribution in [0.25, 0.3) is 0 Å². The summed E-state index contributed by atoms with van der Waals surface area (Å²) < 4.78 is 12.9. The van der Waals surface area contributed by atoms with Crippen molar-refractivity contribution >= 4 is 23.4 Å². The van der Waals surface area contributed by atoms with E-state index in [4.69, 9.17) is 5.26 Å². The maximum Gasteiger partial charge on any atom is 0.237 e. The van der Waals surface area contributed by atoms with Crippen molar-refractivity contribution in [2.75, 3.05) is 17.2 Å². The molecule has 0 spiro atoms. The monoisotopic (exact) mass is 314 g/mol. The van der Waals surface area contributed by atoms with E-state index in [0.717, 1.165) is 10.6 Å². The van der Waals surface area contributed by atoms with E-state index in [0.29, 0.717) is 6.54 Å². The molecule has 1 amide bonds. The maximum absolute atomic E-state index is 12.9. The van der Waals surface area contributed by atoms with Crippen LogP contribution >= 0.6 is 11.8 Å². The number of amides is 1. The van der Waals surface area contributed by atoms with Crippen LogP contribution in [0.1, 0.15) is 6.42 Å². The minimum atomic E-state index is -0.296. The fraction of sp³-hybridized carbons (Fsp3) is 0.176. The van der Waals surface area contributed by atoms with Gasteiger partial charge in [0.25, 0.3) is 0 Å². The summed E-state index contributed by atoms with van der Waals surface area (Å²) in [4.78, 5) is 14.9. The largest absolute Gasteiger partial charge is 0.311 e. The number of nitrogens with zero attached hydrogens (tertiary/aromatic N) is 2. The summed E-state index contributed by atoms with van der Waals surface area (Å²) in [6.45, 7) is 0.364. The summed E-state index contributed by atoms with van der Waals surface area (Å²) in [5, 5.41) is 8.75. The molecule has 0 aliphatic carbocycles. The second-order valence-electron chi connectivity index (χ2n) is 4.53. The molecule has 0 heterocycles. The lowest BCUT2D eigenvalue weighted by molar-refractivity contribution is -0.116. The minimum absolute atomic E-state index is 0.0734. The molecule has 0 atom stereocenters. The third-order valence-electron chi connectivity index (χ3n) is 2.99. The van der Waals surface area contributed by atoms with Gasteiger partial charge in [-0.2, -0.15) is 5.26 Å². The number of benzene rings is 2. The highest BCUT2D eigenvalue weighted by molar-refractivity contribution is 8.00. The van der Waals surface area contributed by atoms with Gasteiger partial charge in [-0.1, -0.05) is 18.2 Å². The average Bonchev–Trinajstić information content (AvgIpc) is 2.55.